The molecule has 2 fully saturated rings. The summed E-state index contributed by atoms with van der Waals surface area (Å²) < 4.78 is 95.6. The minimum atomic E-state index is -5.12. The number of rotatable bonds is 14. The molecule has 0 saturated carbocycles. The smallest absolute Gasteiger partial charge is 0.367 e. The van der Waals surface area contributed by atoms with Crippen LogP contribution in [0.3, 0.4) is 0 Å². The van der Waals surface area contributed by atoms with Crippen LogP contribution in [0.1, 0.15) is 91.6 Å². The Morgan fingerprint density at radius 2 is 1.54 bits per heavy atom. The normalized spacial score (nSPS) is 20.0. The number of likely N-dealkylation sites (tertiary alicyclic amines) is 1. The number of morpholine rings is 1. The van der Waals surface area contributed by atoms with Gasteiger partial charge in [0.2, 0.25) is 5.91 Å². The van der Waals surface area contributed by atoms with Gasteiger partial charge in [-0.25, -0.2) is 4.79 Å². The SMILES string of the molecule is CC(C)N(C(=O)NCCCN(C)C(=O)CO[C@H]1Cc2ccccc2C12CCN(CC[C@@]1(c3ccc(Cl)c(Cl)c3)CN(C(=O)c3cc(C(F)(F)F)cc(C(F)(F)F)c3)CCO1)CC2)C(C)C. The fourth-order valence-corrected chi connectivity index (χ4v) is 9.92. The average molecular weight is 957 g/mol. The van der Waals surface area contributed by atoms with Gasteiger partial charge in [-0.3, -0.25) is 9.59 Å². The summed E-state index contributed by atoms with van der Waals surface area (Å²) >= 11 is 12.7. The maximum absolute atomic E-state index is 13.9. The highest BCUT2D eigenvalue weighted by atomic mass is 35.5. The van der Waals surface area contributed by atoms with E-state index in [9.17, 15) is 40.7 Å². The maximum Gasteiger partial charge on any atom is 0.416 e. The van der Waals surface area contributed by atoms with Gasteiger partial charge in [0.15, 0.2) is 0 Å². The van der Waals surface area contributed by atoms with Gasteiger partial charge >= 0.3 is 18.4 Å². The lowest BCUT2D eigenvalue weighted by molar-refractivity contribution is -0.143. The van der Waals surface area contributed by atoms with E-state index >= 15 is 0 Å². The second-order valence-electron chi connectivity index (χ2n) is 17.9. The van der Waals surface area contributed by atoms with Crippen LogP contribution in [0.2, 0.25) is 10.0 Å². The van der Waals surface area contributed by atoms with Crippen LogP contribution >= 0.6 is 23.2 Å². The third-order valence-electron chi connectivity index (χ3n) is 13.0. The molecule has 1 aliphatic carbocycles. The number of hydrogen-bond acceptors (Lipinski definition) is 6. The lowest BCUT2D eigenvalue weighted by Crippen LogP contribution is -2.54. The highest BCUT2D eigenvalue weighted by Crippen LogP contribution is 2.48. The zero-order valence-corrected chi connectivity index (χ0v) is 38.8. The van der Waals surface area contributed by atoms with Gasteiger partial charge in [0.1, 0.15) is 12.2 Å². The van der Waals surface area contributed by atoms with Gasteiger partial charge in [-0.2, -0.15) is 26.3 Å². The van der Waals surface area contributed by atoms with Crippen molar-refractivity contribution in [1.29, 1.82) is 0 Å². The first-order valence-electron chi connectivity index (χ1n) is 22.0. The van der Waals surface area contributed by atoms with Crippen LogP contribution < -0.4 is 5.32 Å². The minimum Gasteiger partial charge on any atom is -0.367 e. The summed E-state index contributed by atoms with van der Waals surface area (Å²) in [5.41, 5.74) is -2.57. The van der Waals surface area contributed by atoms with Gasteiger partial charge < -0.3 is 34.4 Å². The lowest BCUT2D eigenvalue weighted by atomic mass is 9.72. The number of hydrogen-bond donors (Lipinski definition) is 1. The van der Waals surface area contributed by atoms with Crippen LogP contribution in [0, 0.1) is 0 Å². The summed E-state index contributed by atoms with van der Waals surface area (Å²) in [7, 11) is 1.73. The third-order valence-corrected chi connectivity index (χ3v) is 13.8. The van der Waals surface area contributed by atoms with Crippen molar-refractivity contribution in [1.82, 2.24) is 24.9 Å². The summed E-state index contributed by atoms with van der Waals surface area (Å²) in [6, 6.07) is 14.0. The van der Waals surface area contributed by atoms with Gasteiger partial charge in [0.25, 0.3) is 5.91 Å². The number of amides is 4. The molecule has 356 valence electrons. The van der Waals surface area contributed by atoms with Crippen LogP contribution in [0.4, 0.5) is 31.1 Å². The molecular weight excluding hydrogens is 899 g/mol. The molecule has 2 saturated heterocycles. The van der Waals surface area contributed by atoms with E-state index in [1.54, 1.807) is 35.0 Å². The predicted octanol–water partition coefficient (Wildman–Crippen LogP) is 9.44. The summed E-state index contributed by atoms with van der Waals surface area (Å²) in [5, 5.41) is 3.43. The van der Waals surface area contributed by atoms with Crippen molar-refractivity contribution in [3.05, 3.63) is 104 Å². The van der Waals surface area contributed by atoms with E-state index in [4.69, 9.17) is 32.7 Å². The highest BCUT2D eigenvalue weighted by Gasteiger charge is 2.50. The summed E-state index contributed by atoms with van der Waals surface area (Å²) in [5.74, 6) is -1.15. The Balaban J connectivity index is 1.12. The number of urea groups is 1. The zero-order chi connectivity index (χ0) is 47.5. The minimum absolute atomic E-state index is 0.00230. The van der Waals surface area contributed by atoms with E-state index in [0.717, 1.165) is 0 Å². The second-order valence-corrected chi connectivity index (χ2v) is 18.7. The Kier molecular flexibility index (Phi) is 15.8. The molecule has 1 N–H and O–H groups in total. The molecule has 6 rings (SSSR count). The van der Waals surface area contributed by atoms with Gasteiger partial charge in [-0.1, -0.05) is 53.5 Å². The fourth-order valence-electron chi connectivity index (χ4n) is 9.62. The Bertz CT molecular complexity index is 2140. The molecule has 3 aromatic carbocycles. The molecule has 0 unspecified atom stereocenters. The van der Waals surface area contributed by atoms with Crippen molar-refractivity contribution in [2.45, 2.75) is 101 Å². The number of piperidine rings is 1. The van der Waals surface area contributed by atoms with Crippen molar-refractivity contribution >= 4 is 41.0 Å². The molecule has 2 atom stereocenters. The number of carbonyl (C=O) groups excluding carboxylic acids is 3. The summed E-state index contributed by atoms with van der Waals surface area (Å²) in [6.07, 6.45) is -7.54. The Morgan fingerprint density at radius 3 is 2.15 bits per heavy atom. The van der Waals surface area contributed by atoms with E-state index in [-0.39, 0.29) is 78.0 Å². The number of ether oxygens (including phenoxy) is 2. The number of nitrogens with zero attached hydrogens (tertiary/aromatic N) is 4. The molecule has 1 spiro atoms. The molecule has 0 radical (unpaired) electrons. The van der Waals surface area contributed by atoms with Gasteiger partial charge in [-0.15, -0.1) is 0 Å². The molecular formula is C47H57Cl2F6N5O5. The molecule has 0 bridgehead atoms. The Morgan fingerprint density at radius 1 is 0.892 bits per heavy atom. The number of benzene rings is 3. The molecule has 3 aliphatic rings. The van der Waals surface area contributed by atoms with E-state index in [0.29, 0.717) is 82.5 Å². The molecule has 18 heteroatoms. The summed E-state index contributed by atoms with van der Waals surface area (Å²) in [6.45, 7) is 10.1. The van der Waals surface area contributed by atoms with Crippen molar-refractivity contribution < 1.29 is 50.2 Å². The molecule has 2 heterocycles. The monoisotopic (exact) mass is 955 g/mol. The van der Waals surface area contributed by atoms with Gasteiger partial charge in [0, 0.05) is 56.3 Å². The first kappa shape index (κ1) is 50.3. The Hall–Kier alpha value is -4.09. The van der Waals surface area contributed by atoms with E-state index in [2.05, 4.69) is 22.3 Å². The lowest BCUT2D eigenvalue weighted by Gasteiger charge is -2.46. The van der Waals surface area contributed by atoms with E-state index in [1.807, 2.05) is 39.8 Å². The van der Waals surface area contributed by atoms with Gasteiger partial charge in [-0.05, 0) is 120 Å². The molecule has 0 aromatic heterocycles. The number of fused-ring (bicyclic) bond motifs is 2. The second kappa shape index (κ2) is 20.4. The number of halogens is 8. The first-order chi connectivity index (χ1) is 30.5. The van der Waals surface area contributed by atoms with Crippen molar-refractivity contribution in [2.24, 2.45) is 0 Å². The molecule has 2 aliphatic heterocycles. The quantitative estimate of drug-likeness (QED) is 0.128. The van der Waals surface area contributed by atoms with E-state index in [1.165, 1.54) is 16.0 Å². The predicted molar refractivity (Wildman–Crippen MR) is 236 cm³/mol. The Labute approximate surface area is 386 Å². The zero-order valence-electron chi connectivity index (χ0n) is 37.3. The van der Waals surface area contributed by atoms with Crippen LogP contribution in [-0.4, -0.2) is 122 Å². The number of alkyl halides is 6. The first-order valence-corrected chi connectivity index (χ1v) is 22.7. The maximum atomic E-state index is 13.9. The molecule has 3 aromatic rings. The van der Waals surface area contributed by atoms with Crippen LogP contribution in [0.25, 0.3) is 0 Å². The number of nitrogens with one attached hydrogen (secondary N) is 1. The van der Waals surface area contributed by atoms with Crippen LogP contribution in [-0.2, 0) is 44.1 Å². The standard InChI is InChI=1S/C47H57Cl2F6N5O5/c1-30(2)60(31(3)4)43(63)56-16-8-17-57(5)41(61)28-64-40-25-32-9-6-7-10-37(32)44(40)13-18-58(19-14-44)20-15-45(34-11-12-38(48)39(49)27-34)29-59(21-22-65-45)42(62)33-23-35(46(50,51)52)26-36(24-33)47(53,54)55/h6-7,9-12,23-24,26-27,30-31,40H,8,13-22,25,28-29H2,1-5H3,(H,56,63)/t40-,45-/m0/s1. The van der Waals surface area contributed by atoms with Crippen molar-refractivity contribution in [3.63, 3.8) is 0 Å². The highest BCUT2D eigenvalue weighted by molar-refractivity contribution is 6.42. The number of likely N-dealkylation sites (N-methyl/N-ethyl adjacent to an activating group) is 1. The summed E-state index contributed by atoms with van der Waals surface area (Å²) in [4.78, 5) is 46.8. The van der Waals surface area contributed by atoms with Gasteiger partial charge in [0.05, 0.1) is 40.4 Å². The molecule has 4 amide bonds. The topological polar surface area (TPSA) is 94.7 Å². The number of carbonyl (C=O) groups is 3. The fraction of sp³-hybridized carbons (Fsp3) is 0.553. The van der Waals surface area contributed by atoms with Crippen molar-refractivity contribution in [2.75, 3.05) is 66.1 Å². The van der Waals surface area contributed by atoms with Crippen molar-refractivity contribution in [3.8, 4) is 0 Å². The average Bonchev–Trinajstić information content (AvgIpc) is 3.55. The largest absolute Gasteiger partial charge is 0.416 e. The van der Waals surface area contributed by atoms with Crippen LogP contribution in [0.5, 0.6) is 0 Å². The van der Waals surface area contributed by atoms with E-state index < -0.39 is 40.6 Å². The third kappa shape index (κ3) is 11.5. The molecule has 10 nitrogen and oxygen atoms in total. The molecule has 65 heavy (non-hydrogen) atoms. The van der Waals surface area contributed by atoms with Crippen LogP contribution in [0.15, 0.2) is 60.7 Å².